The molecule has 0 unspecified atom stereocenters. The van der Waals surface area contributed by atoms with Crippen LogP contribution in [0, 0.1) is 5.92 Å². The van der Waals surface area contributed by atoms with Crippen LogP contribution < -0.4 is 15.1 Å². The van der Waals surface area contributed by atoms with Gasteiger partial charge in [0.25, 0.3) is 8.32 Å². The first-order valence-corrected chi connectivity index (χ1v) is 14.1. The zero-order valence-electron chi connectivity index (χ0n) is 19.7. The van der Waals surface area contributed by atoms with Crippen molar-refractivity contribution in [1.82, 2.24) is 4.72 Å². The Morgan fingerprint density at radius 3 is 1.81 bits per heavy atom. The Bertz CT molecular complexity index is 777. The molecule has 1 aliphatic rings. The predicted molar refractivity (Wildman–Crippen MR) is 133 cm³/mol. The number of ether oxygens (including phenoxy) is 1. The lowest BCUT2D eigenvalue weighted by Crippen LogP contribution is -2.68. The van der Waals surface area contributed by atoms with Crippen LogP contribution in [0.25, 0.3) is 0 Å². The van der Waals surface area contributed by atoms with Gasteiger partial charge < -0.3 is 13.7 Å². The largest absolute Gasteiger partial charge is 0.598 e. The summed E-state index contributed by atoms with van der Waals surface area (Å²) in [6, 6.07) is 21.3. The van der Waals surface area contributed by atoms with Gasteiger partial charge >= 0.3 is 0 Å². The van der Waals surface area contributed by atoms with Gasteiger partial charge in [-0.25, -0.2) is 0 Å². The van der Waals surface area contributed by atoms with E-state index in [0.29, 0.717) is 25.7 Å². The molecule has 0 aliphatic carbocycles. The van der Waals surface area contributed by atoms with E-state index in [2.05, 4.69) is 86.2 Å². The van der Waals surface area contributed by atoms with E-state index in [1.54, 1.807) is 0 Å². The highest BCUT2D eigenvalue weighted by atomic mass is 32.2. The fourth-order valence-electron chi connectivity index (χ4n) is 4.04. The van der Waals surface area contributed by atoms with Gasteiger partial charge in [0.15, 0.2) is 0 Å². The number of hydrogen-bond donors (Lipinski definition) is 1. The predicted octanol–water partition coefficient (Wildman–Crippen LogP) is 3.63. The third-order valence-electron chi connectivity index (χ3n) is 5.94. The second-order valence-electron chi connectivity index (χ2n) is 10.4. The van der Waals surface area contributed by atoms with Crippen LogP contribution in [0.15, 0.2) is 60.7 Å². The number of rotatable bonds is 8. The fourth-order valence-corrected chi connectivity index (χ4v) is 9.52. The van der Waals surface area contributed by atoms with Gasteiger partial charge in [-0.05, 0) is 36.2 Å². The van der Waals surface area contributed by atoms with E-state index >= 15 is 0 Å². The molecule has 170 valence electrons. The Balaban J connectivity index is 1.98. The van der Waals surface area contributed by atoms with Gasteiger partial charge in [0.2, 0.25) is 0 Å². The van der Waals surface area contributed by atoms with Crippen molar-refractivity contribution in [3.05, 3.63) is 60.7 Å². The number of nitrogens with one attached hydrogen (secondary N) is 1. The molecule has 2 atom stereocenters. The molecule has 0 radical (unpaired) electrons. The molecule has 1 saturated heterocycles. The Morgan fingerprint density at radius 2 is 1.45 bits per heavy atom. The standard InChI is InChI=1S/C25H37NO3SSi/c1-24(2,3)30(27)26-23(20-17-28-18-20)19-29-31(25(4,5)6,21-13-9-7-10-14-21)22-15-11-8-12-16-22/h7-16,20,23,26H,17-19H2,1-6H3/t23-,30+/m1/s1. The van der Waals surface area contributed by atoms with Gasteiger partial charge in [-0.3, -0.25) is 0 Å². The molecule has 1 N–H and O–H groups in total. The van der Waals surface area contributed by atoms with Crippen molar-refractivity contribution in [2.24, 2.45) is 5.92 Å². The normalized spacial score (nSPS) is 17.8. The third-order valence-corrected chi connectivity index (χ3v) is 12.6. The molecule has 0 spiro atoms. The monoisotopic (exact) mass is 459 g/mol. The van der Waals surface area contributed by atoms with E-state index in [-0.39, 0.29) is 15.8 Å². The molecule has 31 heavy (non-hydrogen) atoms. The molecule has 4 nitrogen and oxygen atoms in total. The topological polar surface area (TPSA) is 53.5 Å². The molecule has 0 bridgehead atoms. The summed E-state index contributed by atoms with van der Waals surface area (Å²) in [7, 11) is -2.62. The van der Waals surface area contributed by atoms with E-state index in [9.17, 15) is 4.55 Å². The molecule has 1 heterocycles. The molecule has 6 heteroatoms. The van der Waals surface area contributed by atoms with Crippen LogP contribution in [0.3, 0.4) is 0 Å². The molecular formula is C25H37NO3SSi. The number of benzene rings is 2. The maximum atomic E-state index is 12.9. The molecular weight excluding hydrogens is 422 g/mol. The Kier molecular flexibility index (Phi) is 7.72. The van der Waals surface area contributed by atoms with Gasteiger partial charge in [-0.1, -0.05) is 81.4 Å². The van der Waals surface area contributed by atoms with Gasteiger partial charge in [-0.2, -0.15) is 0 Å². The summed E-state index contributed by atoms with van der Waals surface area (Å²) in [6.45, 7) is 14.7. The van der Waals surface area contributed by atoms with Crippen molar-refractivity contribution in [3.63, 3.8) is 0 Å². The smallest absolute Gasteiger partial charge is 0.261 e. The lowest BCUT2D eigenvalue weighted by Gasteiger charge is -2.45. The van der Waals surface area contributed by atoms with Crippen LogP contribution in [0.5, 0.6) is 0 Å². The average Bonchev–Trinajstić information content (AvgIpc) is 2.67. The highest BCUT2D eigenvalue weighted by Gasteiger charge is 2.51. The quantitative estimate of drug-likeness (QED) is 0.484. The van der Waals surface area contributed by atoms with E-state index in [1.807, 2.05) is 20.8 Å². The summed E-state index contributed by atoms with van der Waals surface area (Å²) in [5.74, 6) is 0.310. The minimum absolute atomic E-state index is 0.0181. The molecule has 0 amide bonds. The minimum atomic E-state index is -2.62. The number of hydrogen-bond acceptors (Lipinski definition) is 4. The Morgan fingerprint density at radius 1 is 0.968 bits per heavy atom. The summed E-state index contributed by atoms with van der Waals surface area (Å²) in [4.78, 5) is 0. The summed E-state index contributed by atoms with van der Waals surface area (Å²) in [6.07, 6.45) is 0. The molecule has 2 aromatic rings. The summed E-state index contributed by atoms with van der Waals surface area (Å²) < 4.78 is 28.5. The van der Waals surface area contributed by atoms with Crippen LogP contribution >= 0.6 is 0 Å². The summed E-state index contributed by atoms with van der Waals surface area (Å²) in [5, 5.41) is 2.43. The summed E-state index contributed by atoms with van der Waals surface area (Å²) >= 11 is -1.16. The highest BCUT2D eigenvalue weighted by molar-refractivity contribution is 7.90. The Hall–Kier alpha value is -1.15. The van der Waals surface area contributed by atoms with Crippen LogP contribution in [-0.4, -0.2) is 43.5 Å². The van der Waals surface area contributed by atoms with Crippen molar-refractivity contribution >= 4 is 30.1 Å². The van der Waals surface area contributed by atoms with E-state index < -0.39 is 19.7 Å². The lowest BCUT2D eigenvalue weighted by atomic mass is 10.00. The molecule has 1 aliphatic heterocycles. The zero-order chi connectivity index (χ0) is 22.7. The van der Waals surface area contributed by atoms with Crippen LogP contribution in [0.1, 0.15) is 41.5 Å². The van der Waals surface area contributed by atoms with Gasteiger partial charge in [0, 0.05) is 17.3 Å². The maximum Gasteiger partial charge on any atom is 0.261 e. The van der Waals surface area contributed by atoms with Gasteiger partial charge in [0.05, 0.1) is 25.9 Å². The van der Waals surface area contributed by atoms with Crippen molar-refractivity contribution < 1.29 is 13.7 Å². The second-order valence-corrected chi connectivity index (χ2v) is 16.7. The molecule has 0 aromatic heterocycles. The van der Waals surface area contributed by atoms with Gasteiger partial charge in [-0.15, -0.1) is 4.72 Å². The third kappa shape index (κ3) is 5.44. The summed E-state index contributed by atoms with van der Waals surface area (Å²) in [5.41, 5.74) is 0. The first-order chi connectivity index (χ1) is 14.6. The van der Waals surface area contributed by atoms with Crippen LogP contribution in [0.4, 0.5) is 0 Å². The second kappa shape index (κ2) is 9.77. The maximum absolute atomic E-state index is 12.9. The molecule has 0 saturated carbocycles. The Labute approximate surface area is 192 Å². The SMILES string of the molecule is CC(C)(C)[S@+]([O-])N[C@H](CO[Si](c1ccccc1)(c1ccccc1)C(C)(C)C)C1COC1. The fraction of sp³-hybridized carbons (Fsp3) is 0.520. The molecule has 2 aromatic carbocycles. The van der Waals surface area contributed by atoms with Gasteiger partial charge in [0.1, 0.15) is 4.75 Å². The first kappa shape index (κ1) is 24.5. The van der Waals surface area contributed by atoms with Crippen LogP contribution in [-0.2, 0) is 20.5 Å². The van der Waals surface area contributed by atoms with Crippen molar-refractivity contribution in [1.29, 1.82) is 0 Å². The van der Waals surface area contributed by atoms with Crippen molar-refractivity contribution in [2.75, 3.05) is 19.8 Å². The van der Waals surface area contributed by atoms with Crippen molar-refractivity contribution in [3.8, 4) is 0 Å². The van der Waals surface area contributed by atoms with E-state index in [0.717, 1.165) is 0 Å². The zero-order valence-corrected chi connectivity index (χ0v) is 21.5. The minimum Gasteiger partial charge on any atom is -0.598 e. The molecule has 1 fully saturated rings. The first-order valence-electron chi connectivity index (χ1n) is 11.1. The van der Waals surface area contributed by atoms with Crippen LogP contribution in [0.2, 0.25) is 5.04 Å². The molecule has 3 rings (SSSR count). The average molecular weight is 460 g/mol. The van der Waals surface area contributed by atoms with E-state index in [1.165, 1.54) is 10.4 Å². The highest BCUT2D eigenvalue weighted by Crippen LogP contribution is 2.37. The van der Waals surface area contributed by atoms with E-state index in [4.69, 9.17) is 9.16 Å². The lowest BCUT2D eigenvalue weighted by molar-refractivity contribution is -0.0527. The van der Waals surface area contributed by atoms with Crippen molar-refractivity contribution in [2.45, 2.75) is 57.4 Å².